The Bertz CT molecular complexity index is 399. The van der Waals surface area contributed by atoms with E-state index in [2.05, 4.69) is 15.9 Å². The van der Waals surface area contributed by atoms with E-state index in [1.165, 1.54) is 6.07 Å². The van der Waals surface area contributed by atoms with Gasteiger partial charge in [-0.05, 0) is 18.6 Å². The van der Waals surface area contributed by atoms with Gasteiger partial charge in [0.05, 0.1) is 6.42 Å². The first-order chi connectivity index (χ1) is 7.29. The van der Waals surface area contributed by atoms with Crippen LogP contribution >= 0.6 is 15.9 Å². The Labute approximate surface area is 99.8 Å². The van der Waals surface area contributed by atoms with Crippen LogP contribution in [-0.4, -0.2) is 12.0 Å². The van der Waals surface area contributed by atoms with Crippen LogP contribution in [0.25, 0.3) is 0 Å². The zero-order chi connectivity index (χ0) is 12.3. The number of halogens is 4. The normalized spacial score (nSPS) is 11.6. The fraction of sp³-hybridized carbons (Fsp3) is 0.364. The van der Waals surface area contributed by atoms with Crippen molar-refractivity contribution in [3.63, 3.8) is 0 Å². The predicted molar refractivity (Wildman–Crippen MR) is 58.5 cm³/mol. The van der Waals surface area contributed by atoms with Crippen LogP contribution in [0.1, 0.15) is 28.8 Å². The zero-order valence-electron chi connectivity index (χ0n) is 8.57. The lowest BCUT2D eigenvalue weighted by atomic mass is 10.1. The van der Waals surface area contributed by atoms with Gasteiger partial charge in [-0.25, -0.2) is 0 Å². The molecule has 0 aliphatic heterocycles. The van der Waals surface area contributed by atoms with Gasteiger partial charge in [-0.15, -0.1) is 0 Å². The number of carbonyl (C=O) groups is 1. The number of rotatable bonds is 3. The summed E-state index contributed by atoms with van der Waals surface area (Å²) in [5.74, 6) is -0.496. The van der Waals surface area contributed by atoms with Crippen molar-refractivity contribution in [1.29, 1.82) is 0 Å². The van der Waals surface area contributed by atoms with E-state index in [0.29, 0.717) is 10.0 Å². The molecule has 0 saturated heterocycles. The minimum atomic E-state index is -4.28. The molecule has 0 aliphatic carbocycles. The van der Waals surface area contributed by atoms with Gasteiger partial charge in [0, 0.05) is 16.5 Å². The molecule has 0 saturated carbocycles. The number of ketones is 1. The second kappa shape index (κ2) is 4.99. The lowest BCUT2D eigenvalue weighted by Crippen LogP contribution is -2.11. The van der Waals surface area contributed by atoms with E-state index in [1.54, 1.807) is 12.1 Å². The zero-order valence-corrected chi connectivity index (χ0v) is 10.2. The molecule has 88 valence electrons. The maximum Gasteiger partial charge on any atom is 0.389 e. The summed E-state index contributed by atoms with van der Waals surface area (Å²) in [6.07, 6.45) is -5.87. The highest BCUT2D eigenvalue weighted by Crippen LogP contribution is 2.25. The quantitative estimate of drug-likeness (QED) is 0.761. The SMILES string of the molecule is Cc1ccc(C(=O)CCC(F)(F)F)c(Br)c1. The highest BCUT2D eigenvalue weighted by Gasteiger charge is 2.28. The van der Waals surface area contributed by atoms with Crippen molar-refractivity contribution in [1.82, 2.24) is 0 Å². The Kier molecular flexibility index (Phi) is 4.13. The molecule has 0 aliphatic rings. The first kappa shape index (κ1) is 13.2. The summed E-state index contributed by atoms with van der Waals surface area (Å²) in [4.78, 5) is 11.5. The molecule has 1 aromatic carbocycles. The van der Waals surface area contributed by atoms with E-state index < -0.39 is 24.8 Å². The van der Waals surface area contributed by atoms with Crippen LogP contribution in [0, 0.1) is 6.92 Å². The molecular formula is C11H10BrF3O. The molecule has 0 amide bonds. The predicted octanol–water partition coefficient (Wildman–Crippen LogP) is 4.28. The third-order valence-corrected chi connectivity index (χ3v) is 2.72. The summed E-state index contributed by atoms with van der Waals surface area (Å²) in [6, 6.07) is 4.95. The molecule has 0 bridgehead atoms. The molecule has 0 heterocycles. The van der Waals surface area contributed by atoms with Gasteiger partial charge in [-0.2, -0.15) is 13.2 Å². The maximum atomic E-state index is 11.9. The van der Waals surface area contributed by atoms with Crippen molar-refractivity contribution >= 4 is 21.7 Å². The summed E-state index contributed by atoms with van der Waals surface area (Å²) in [7, 11) is 0. The molecule has 0 spiro atoms. The Morgan fingerprint density at radius 2 is 2.00 bits per heavy atom. The van der Waals surface area contributed by atoms with Crippen LogP contribution in [0.5, 0.6) is 0 Å². The molecule has 0 unspecified atom stereocenters. The van der Waals surface area contributed by atoms with E-state index in [0.717, 1.165) is 5.56 Å². The van der Waals surface area contributed by atoms with Gasteiger partial charge in [0.2, 0.25) is 0 Å². The van der Waals surface area contributed by atoms with Gasteiger partial charge < -0.3 is 0 Å². The van der Waals surface area contributed by atoms with E-state index >= 15 is 0 Å². The first-order valence-electron chi connectivity index (χ1n) is 4.66. The van der Waals surface area contributed by atoms with Gasteiger partial charge in [0.15, 0.2) is 5.78 Å². The van der Waals surface area contributed by atoms with Crippen molar-refractivity contribution in [2.45, 2.75) is 25.9 Å². The fourth-order valence-electron chi connectivity index (χ4n) is 1.24. The Balaban J connectivity index is 2.74. The smallest absolute Gasteiger partial charge is 0.294 e. The molecule has 1 rings (SSSR count). The summed E-state index contributed by atoms with van der Waals surface area (Å²) < 4.78 is 36.3. The lowest BCUT2D eigenvalue weighted by Gasteiger charge is -2.07. The molecule has 5 heteroatoms. The number of carbonyl (C=O) groups excluding carboxylic acids is 1. The molecule has 0 fully saturated rings. The van der Waals surface area contributed by atoms with Crippen LogP contribution in [0.2, 0.25) is 0 Å². The molecule has 0 N–H and O–H groups in total. The average Bonchev–Trinajstić information content (AvgIpc) is 2.13. The standard InChI is InChI=1S/C11H10BrF3O/c1-7-2-3-8(9(12)6-7)10(16)4-5-11(13,14)15/h2-3,6H,4-5H2,1H3. The van der Waals surface area contributed by atoms with Gasteiger partial charge >= 0.3 is 6.18 Å². The van der Waals surface area contributed by atoms with E-state index in [9.17, 15) is 18.0 Å². The third-order valence-electron chi connectivity index (χ3n) is 2.06. The van der Waals surface area contributed by atoms with Gasteiger partial charge in [-0.1, -0.05) is 28.1 Å². The molecule has 0 radical (unpaired) electrons. The Hall–Kier alpha value is -0.840. The average molecular weight is 295 g/mol. The molecular weight excluding hydrogens is 285 g/mol. The number of Topliss-reactive ketones (excluding diaryl/α,β-unsaturated/α-hetero) is 1. The molecule has 0 aromatic heterocycles. The Morgan fingerprint density at radius 1 is 1.38 bits per heavy atom. The van der Waals surface area contributed by atoms with Crippen LogP contribution < -0.4 is 0 Å². The van der Waals surface area contributed by atoms with Crippen LogP contribution in [0.15, 0.2) is 22.7 Å². The van der Waals surface area contributed by atoms with Gasteiger partial charge in [-0.3, -0.25) is 4.79 Å². The van der Waals surface area contributed by atoms with Crippen molar-refractivity contribution in [2.75, 3.05) is 0 Å². The molecule has 0 atom stereocenters. The highest BCUT2D eigenvalue weighted by molar-refractivity contribution is 9.10. The highest BCUT2D eigenvalue weighted by atomic mass is 79.9. The second-order valence-corrected chi connectivity index (χ2v) is 4.38. The fourth-order valence-corrected chi connectivity index (χ4v) is 1.95. The number of hydrogen-bond donors (Lipinski definition) is 0. The number of alkyl halides is 3. The molecule has 1 aromatic rings. The lowest BCUT2D eigenvalue weighted by molar-refractivity contribution is -0.133. The van der Waals surface area contributed by atoms with Crippen molar-refractivity contribution in [2.24, 2.45) is 0 Å². The number of hydrogen-bond acceptors (Lipinski definition) is 1. The monoisotopic (exact) mass is 294 g/mol. The summed E-state index contributed by atoms with van der Waals surface area (Å²) >= 11 is 3.17. The van der Waals surface area contributed by atoms with Gasteiger partial charge in [0.25, 0.3) is 0 Å². The third kappa shape index (κ3) is 3.96. The summed E-state index contributed by atoms with van der Waals surface area (Å²) in [5.41, 5.74) is 1.24. The van der Waals surface area contributed by atoms with E-state index in [-0.39, 0.29) is 0 Å². The van der Waals surface area contributed by atoms with Crippen LogP contribution in [-0.2, 0) is 0 Å². The Morgan fingerprint density at radius 3 is 2.50 bits per heavy atom. The van der Waals surface area contributed by atoms with E-state index in [4.69, 9.17) is 0 Å². The second-order valence-electron chi connectivity index (χ2n) is 3.52. The minimum absolute atomic E-state index is 0.301. The number of benzene rings is 1. The summed E-state index contributed by atoms with van der Waals surface area (Å²) in [6.45, 7) is 1.84. The minimum Gasteiger partial charge on any atom is -0.294 e. The molecule has 1 nitrogen and oxygen atoms in total. The van der Waals surface area contributed by atoms with Crippen molar-refractivity contribution in [3.05, 3.63) is 33.8 Å². The topological polar surface area (TPSA) is 17.1 Å². The maximum absolute atomic E-state index is 11.9. The van der Waals surface area contributed by atoms with E-state index in [1.807, 2.05) is 6.92 Å². The summed E-state index contributed by atoms with van der Waals surface area (Å²) in [5, 5.41) is 0. The van der Waals surface area contributed by atoms with Crippen LogP contribution in [0.3, 0.4) is 0 Å². The molecule has 16 heavy (non-hydrogen) atoms. The first-order valence-corrected chi connectivity index (χ1v) is 5.45. The number of aryl methyl sites for hydroxylation is 1. The largest absolute Gasteiger partial charge is 0.389 e. The van der Waals surface area contributed by atoms with Gasteiger partial charge in [0.1, 0.15) is 0 Å². The van der Waals surface area contributed by atoms with Crippen molar-refractivity contribution < 1.29 is 18.0 Å². The van der Waals surface area contributed by atoms with Crippen LogP contribution in [0.4, 0.5) is 13.2 Å². The van der Waals surface area contributed by atoms with Crippen molar-refractivity contribution in [3.8, 4) is 0 Å².